The number of carbonyl (C=O) groups is 1. The maximum absolute atomic E-state index is 11.5. The van der Waals surface area contributed by atoms with Crippen molar-refractivity contribution < 1.29 is 9.90 Å². The van der Waals surface area contributed by atoms with Crippen molar-refractivity contribution in [3.8, 4) is 5.69 Å². The van der Waals surface area contributed by atoms with Gasteiger partial charge in [0.1, 0.15) is 12.0 Å². The van der Waals surface area contributed by atoms with Crippen molar-refractivity contribution >= 4 is 5.97 Å². The van der Waals surface area contributed by atoms with Crippen LogP contribution in [0.1, 0.15) is 47.9 Å². The van der Waals surface area contributed by atoms with E-state index in [4.69, 9.17) is 0 Å². The monoisotopic (exact) mass is 286 g/mol. The molecule has 6 nitrogen and oxygen atoms in total. The molecule has 3 rings (SSSR count). The molecule has 1 aliphatic carbocycles. The molecule has 2 aromatic rings. The van der Waals surface area contributed by atoms with Crippen molar-refractivity contribution in [2.45, 2.75) is 39.0 Å². The molecule has 1 atom stereocenters. The van der Waals surface area contributed by atoms with Crippen molar-refractivity contribution in [2.24, 2.45) is 5.92 Å². The summed E-state index contributed by atoms with van der Waals surface area (Å²) in [7, 11) is 0. The number of carboxylic acid groups (broad SMARTS) is 1. The smallest absolute Gasteiger partial charge is 0.356 e. The van der Waals surface area contributed by atoms with Crippen LogP contribution in [0.4, 0.5) is 0 Å². The van der Waals surface area contributed by atoms with E-state index in [0.717, 1.165) is 49.0 Å². The first-order valence-corrected chi connectivity index (χ1v) is 7.30. The molecule has 0 spiro atoms. The van der Waals surface area contributed by atoms with Gasteiger partial charge in [0.25, 0.3) is 0 Å². The first kappa shape index (κ1) is 13.7. The molecular weight excluding hydrogens is 268 g/mol. The van der Waals surface area contributed by atoms with Gasteiger partial charge in [-0.3, -0.25) is 0 Å². The molecule has 0 aliphatic heterocycles. The van der Waals surface area contributed by atoms with Crippen molar-refractivity contribution in [3.05, 3.63) is 35.7 Å². The Hall–Kier alpha value is -2.24. The minimum atomic E-state index is -0.959. The number of aromatic carboxylic acids is 1. The maximum Gasteiger partial charge on any atom is 0.356 e. The predicted molar refractivity (Wildman–Crippen MR) is 76.5 cm³/mol. The number of aromatic nitrogens is 4. The number of carboxylic acids is 1. The molecule has 1 N–H and O–H groups in total. The molecule has 0 saturated carbocycles. The third kappa shape index (κ3) is 2.53. The van der Waals surface area contributed by atoms with Crippen molar-refractivity contribution in [3.63, 3.8) is 0 Å². The quantitative estimate of drug-likeness (QED) is 0.932. The molecule has 0 aromatic carbocycles. The summed E-state index contributed by atoms with van der Waals surface area (Å²) in [5.41, 5.74) is 2.77. The fraction of sp³-hybridized carbons (Fsp3) is 0.467. The summed E-state index contributed by atoms with van der Waals surface area (Å²) in [6, 6.07) is 0. The fourth-order valence-corrected chi connectivity index (χ4v) is 3.13. The number of hydrogen-bond acceptors (Lipinski definition) is 4. The van der Waals surface area contributed by atoms with Gasteiger partial charge in [-0.2, -0.15) is 5.10 Å². The third-order valence-electron chi connectivity index (χ3n) is 4.06. The standard InChI is InChI=1S/C15H18N4O2/c1-2-3-10-4-5-13-12(6-10)14(15(20)21)18-19(13)11-7-16-9-17-8-11/h7-10H,2-6H2,1H3,(H,20,21). The van der Waals surface area contributed by atoms with Gasteiger partial charge in [-0.15, -0.1) is 0 Å². The normalized spacial score (nSPS) is 17.5. The maximum atomic E-state index is 11.5. The van der Waals surface area contributed by atoms with Crippen LogP contribution in [0.3, 0.4) is 0 Å². The highest BCUT2D eigenvalue weighted by atomic mass is 16.4. The second-order valence-corrected chi connectivity index (χ2v) is 5.48. The lowest BCUT2D eigenvalue weighted by Gasteiger charge is -2.22. The van der Waals surface area contributed by atoms with E-state index in [1.807, 2.05) is 0 Å². The van der Waals surface area contributed by atoms with Gasteiger partial charge in [0, 0.05) is 11.3 Å². The van der Waals surface area contributed by atoms with Gasteiger partial charge in [-0.25, -0.2) is 19.4 Å². The number of rotatable bonds is 4. The Balaban J connectivity index is 2.05. The molecular formula is C15H18N4O2. The van der Waals surface area contributed by atoms with E-state index in [9.17, 15) is 9.90 Å². The molecule has 1 aliphatic rings. The topological polar surface area (TPSA) is 80.9 Å². The number of nitrogens with zero attached hydrogens (tertiary/aromatic N) is 4. The zero-order valence-electron chi connectivity index (χ0n) is 12.0. The number of hydrogen-bond donors (Lipinski definition) is 1. The van der Waals surface area contributed by atoms with Gasteiger partial charge in [0.15, 0.2) is 5.69 Å². The molecule has 21 heavy (non-hydrogen) atoms. The molecule has 0 radical (unpaired) electrons. The Morgan fingerprint density at radius 2 is 2.19 bits per heavy atom. The van der Waals surface area contributed by atoms with Crippen LogP contribution in [0, 0.1) is 5.92 Å². The van der Waals surface area contributed by atoms with Crippen LogP contribution < -0.4 is 0 Å². The minimum absolute atomic E-state index is 0.176. The van der Waals surface area contributed by atoms with Gasteiger partial charge in [-0.1, -0.05) is 19.8 Å². The zero-order chi connectivity index (χ0) is 14.8. The minimum Gasteiger partial charge on any atom is -0.476 e. The average Bonchev–Trinajstić information content (AvgIpc) is 2.87. The largest absolute Gasteiger partial charge is 0.476 e. The SMILES string of the molecule is CCCC1CCc2c(c(C(=O)O)nn2-c2cncnc2)C1. The van der Waals surface area contributed by atoms with Crippen LogP contribution in [-0.4, -0.2) is 30.8 Å². The second kappa shape index (κ2) is 5.63. The second-order valence-electron chi connectivity index (χ2n) is 5.48. The summed E-state index contributed by atoms with van der Waals surface area (Å²) in [6.45, 7) is 2.17. The predicted octanol–water partition coefficient (Wildman–Crippen LogP) is 2.27. The summed E-state index contributed by atoms with van der Waals surface area (Å²) < 4.78 is 1.70. The molecule has 0 amide bonds. The van der Waals surface area contributed by atoms with E-state index in [0.29, 0.717) is 5.92 Å². The molecule has 1 unspecified atom stereocenters. The highest BCUT2D eigenvalue weighted by Gasteiger charge is 2.29. The van der Waals surface area contributed by atoms with E-state index in [-0.39, 0.29) is 5.69 Å². The lowest BCUT2D eigenvalue weighted by atomic mass is 9.84. The van der Waals surface area contributed by atoms with E-state index < -0.39 is 5.97 Å². The van der Waals surface area contributed by atoms with E-state index in [1.165, 1.54) is 6.33 Å². The van der Waals surface area contributed by atoms with Crippen LogP contribution in [0.2, 0.25) is 0 Å². The molecule has 2 aromatic heterocycles. The summed E-state index contributed by atoms with van der Waals surface area (Å²) in [6.07, 6.45) is 9.77. The van der Waals surface area contributed by atoms with Crippen LogP contribution in [0.5, 0.6) is 0 Å². The summed E-state index contributed by atoms with van der Waals surface area (Å²) >= 11 is 0. The van der Waals surface area contributed by atoms with Crippen molar-refractivity contribution in [2.75, 3.05) is 0 Å². The Bertz CT molecular complexity index is 651. The Kier molecular flexibility index (Phi) is 3.68. The molecule has 6 heteroatoms. The van der Waals surface area contributed by atoms with Gasteiger partial charge in [-0.05, 0) is 25.2 Å². The van der Waals surface area contributed by atoms with Gasteiger partial charge >= 0.3 is 5.97 Å². The summed E-state index contributed by atoms with van der Waals surface area (Å²) in [4.78, 5) is 19.5. The van der Waals surface area contributed by atoms with Crippen LogP contribution in [-0.2, 0) is 12.8 Å². The van der Waals surface area contributed by atoms with Crippen LogP contribution >= 0.6 is 0 Å². The first-order valence-electron chi connectivity index (χ1n) is 7.30. The van der Waals surface area contributed by atoms with E-state index >= 15 is 0 Å². The lowest BCUT2D eigenvalue weighted by Crippen LogP contribution is -2.17. The van der Waals surface area contributed by atoms with Gasteiger partial charge in [0.2, 0.25) is 0 Å². The van der Waals surface area contributed by atoms with Gasteiger partial charge < -0.3 is 5.11 Å². The van der Waals surface area contributed by atoms with Crippen LogP contribution in [0.15, 0.2) is 18.7 Å². The Morgan fingerprint density at radius 3 is 2.86 bits per heavy atom. The fourth-order valence-electron chi connectivity index (χ4n) is 3.13. The summed E-state index contributed by atoms with van der Waals surface area (Å²) in [5, 5.41) is 13.7. The molecule has 0 saturated heterocycles. The van der Waals surface area contributed by atoms with E-state index in [2.05, 4.69) is 22.0 Å². The molecule has 0 bridgehead atoms. The third-order valence-corrected chi connectivity index (χ3v) is 4.06. The van der Waals surface area contributed by atoms with E-state index in [1.54, 1.807) is 17.1 Å². The molecule has 2 heterocycles. The molecule has 0 fully saturated rings. The zero-order valence-corrected chi connectivity index (χ0v) is 12.0. The number of fused-ring (bicyclic) bond motifs is 1. The van der Waals surface area contributed by atoms with Gasteiger partial charge in [0.05, 0.1) is 12.4 Å². The first-order chi connectivity index (χ1) is 10.2. The highest BCUT2D eigenvalue weighted by Crippen LogP contribution is 2.31. The Morgan fingerprint density at radius 1 is 1.43 bits per heavy atom. The van der Waals surface area contributed by atoms with Crippen molar-refractivity contribution in [1.29, 1.82) is 0 Å². The average molecular weight is 286 g/mol. The van der Waals surface area contributed by atoms with Crippen molar-refractivity contribution in [1.82, 2.24) is 19.7 Å². The lowest BCUT2D eigenvalue weighted by molar-refractivity contribution is 0.0688. The molecule has 110 valence electrons. The Labute approximate surface area is 122 Å². The summed E-state index contributed by atoms with van der Waals surface area (Å²) in [5.74, 6) is -0.399. The van der Waals surface area contributed by atoms with Crippen LogP contribution in [0.25, 0.3) is 5.69 Å². The highest BCUT2D eigenvalue weighted by molar-refractivity contribution is 5.87.